The number of rotatable bonds is 16. The molecule has 0 aromatic rings. The molecule has 0 aromatic heterocycles. The molecule has 0 aliphatic rings. The summed E-state index contributed by atoms with van der Waals surface area (Å²) in [4.78, 5) is 11.3. The predicted octanol–water partition coefficient (Wildman–Crippen LogP) is 7.71. The molecule has 0 aliphatic carbocycles. The van der Waals surface area contributed by atoms with Crippen LogP contribution in [0.25, 0.3) is 0 Å². The molecule has 0 heterocycles. The van der Waals surface area contributed by atoms with Crippen LogP contribution < -0.4 is 0 Å². The Labute approximate surface area is 253 Å². The molecule has 0 bridgehead atoms. The Morgan fingerprint density at radius 2 is 0.714 bits per heavy atom. The predicted molar refractivity (Wildman–Crippen MR) is 103 cm³/mol. The van der Waals surface area contributed by atoms with Gasteiger partial charge >= 0.3 is 76.6 Å². The van der Waals surface area contributed by atoms with Gasteiger partial charge in [0.25, 0.3) is 10.0 Å². The van der Waals surface area contributed by atoms with Crippen LogP contribution in [-0.2, 0) is 19.6 Å². The van der Waals surface area contributed by atoms with Crippen LogP contribution in [0.5, 0.6) is 0 Å². The lowest BCUT2D eigenvalue weighted by atomic mass is 9.85. The first kappa shape index (κ1) is 46.6. The van der Waals surface area contributed by atoms with E-state index in [2.05, 4.69) is 4.74 Å². The van der Waals surface area contributed by atoms with Crippen molar-refractivity contribution in [3.05, 3.63) is 0 Å². The van der Waals surface area contributed by atoms with E-state index in [1.807, 2.05) is 0 Å². The minimum Gasteiger partial charge on any atom is -0.465 e. The first-order chi connectivity index (χ1) is 20.9. The van der Waals surface area contributed by atoms with E-state index in [0.29, 0.717) is 0 Å². The highest BCUT2D eigenvalue weighted by molar-refractivity contribution is 7.90. The number of carbonyl (C=O) groups is 1. The standard InChI is InChI=1S/C18H12F25NO4S/c1-3-44(5-6(45)48-4-2)49(46,47)18(42,43)16(37,38)14(33,34)12(29,30)10(25,26)8(21,22)7(19,20)9(23,24)11(27,28)13(31,32)15(35,36)17(39,40)41/h3-5H2,1-2H3. The van der Waals surface area contributed by atoms with Crippen LogP contribution in [0.3, 0.4) is 0 Å². The fourth-order valence-electron chi connectivity index (χ4n) is 2.98. The molecule has 0 spiro atoms. The Morgan fingerprint density at radius 3 is 0.939 bits per heavy atom. The van der Waals surface area contributed by atoms with Crippen molar-refractivity contribution in [3.8, 4) is 0 Å². The van der Waals surface area contributed by atoms with Crippen molar-refractivity contribution in [1.82, 2.24) is 4.31 Å². The van der Waals surface area contributed by atoms with E-state index in [9.17, 15) is 123 Å². The minimum atomic E-state index is -9.78. The number of likely N-dealkylation sites (N-methyl/N-ethyl adjacent to an activating group) is 1. The summed E-state index contributed by atoms with van der Waals surface area (Å²) in [6, 6.07) is 0. The summed E-state index contributed by atoms with van der Waals surface area (Å²) in [5.41, 5.74) is 0. The maximum atomic E-state index is 14.3. The molecule has 294 valence electrons. The summed E-state index contributed by atoms with van der Waals surface area (Å²) in [6.07, 6.45) is -8.24. The molecule has 49 heavy (non-hydrogen) atoms. The highest BCUT2D eigenvalue weighted by Gasteiger charge is 3.00. The van der Waals surface area contributed by atoms with Crippen LogP contribution in [0.4, 0.5) is 110 Å². The van der Waals surface area contributed by atoms with Gasteiger partial charge in [-0.25, -0.2) is 8.42 Å². The fourth-order valence-corrected chi connectivity index (χ4v) is 4.37. The van der Waals surface area contributed by atoms with Crippen molar-refractivity contribution < 1.29 is 128 Å². The number of ether oxygens (including phenoxy) is 1. The van der Waals surface area contributed by atoms with E-state index in [1.54, 1.807) is 0 Å². The summed E-state index contributed by atoms with van der Waals surface area (Å²) in [5, 5.41) is -8.09. The molecule has 0 rings (SSSR count). The zero-order chi connectivity index (χ0) is 40.5. The summed E-state index contributed by atoms with van der Waals surface area (Å²) in [7, 11) is -7.87. The molecular formula is C18H12F25NO4S. The van der Waals surface area contributed by atoms with Crippen molar-refractivity contribution >= 4 is 16.0 Å². The summed E-state index contributed by atoms with van der Waals surface area (Å²) >= 11 is 0. The number of alkyl halides is 25. The van der Waals surface area contributed by atoms with Gasteiger partial charge in [-0.3, -0.25) is 4.79 Å². The van der Waals surface area contributed by atoms with E-state index in [1.165, 1.54) is 0 Å². The van der Waals surface area contributed by atoms with E-state index in [-0.39, 0.29) is 6.92 Å². The fraction of sp³-hybridized carbons (Fsp3) is 0.944. The van der Waals surface area contributed by atoms with Gasteiger partial charge in [0.05, 0.1) is 6.61 Å². The largest absolute Gasteiger partial charge is 0.465 e. The van der Waals surface area contributed by atoms with Crippen LogP contribution >= 0.6 is 0 Å². The molecule has 0 saturated heterocycles. The number of carbonyl (C=O) groups excluding carboxylic acids is 1. The smallest absolute Gasteiger partial charge is 0.460 e. The minimum absolute atomic E-state index is 0.276. The molecule has 0 aromatic carbocycles. The third kappa shape index (κ3) is 5.97. The van der Waals surface area contributed by atoms with Crippen molar-refractivity contribution in [2.45, 2.75) is 84.5 Å². The third-order valence-corrected chi connectivity index (χ3v) is 7.87. The molecule has 0 saturated carbocycles. The van der Waals surface area contributed by atoms with Gasteiger partial charge in [-0.15, -0.1) is 0 Å². The molecule has 0 amide bonds. The Morgan fingerprint density at radius 1 is 0.469 bits per heavy atom. The number of sulfonamides is 1. The summed E-state index contributed by atoms with van der Waals surface area (Å²) in [5.74, 6) is -96.2. The van der Waals surface area contributed by atoms with Gasteiger partial charge in [0, 0.05) is 6.54 Å². The van der Waals surface area contributed by atoms with Crippen molar-refractivity contribution in [2.75, 3.05) is 19.7 Å². The third-order valence-electron chi connectivity index (χ3n) is 5.90. The Bertz CT molecular complexity index is 1320. The first-order valence-electron chi connectivity index (χ1n) is 11.3. The van der Waals surface area contributed by atoms with E-state index in [4.69, 9.17) is 0 Å². The second kappa shape index (κ2) is 12.4. The number of nitrogens with zero attached hydrogens (tertiary/aromatic N) is 1. The van der Waals surface area contributed by atoms with Gasteiger partial charge in [-0.2, -0.15) is 114 Å². The maximum Gasteiger partial charge on any atom is 0.460 e. The Balaban J connectivity index is 7.49. The highest BCUT2D eigenvalue weighted by Crippen LogP contribution is 2.68. The average Bonchev–Trinajstić information content (AvgIpc) is 2.89. The van der Waals surface area contributed by atoms with Gasteiger partial charge in [0.1, 0.15) is 6.54 Å². The first-order valence-corrected chi connectivity index (χ1v) is 12.7. The summed E-state index contributed by atoms with van der Waals surface area (Å²) in [6.45, 7) is -3.60. The number of hydrogen-bond donors (Lipinski definition) is 0. The zero-order valence-electron chi connectivity index (χ0n) is 22.6. The van der Waals surface area contributed by atoms with Gasteiger partial charge in [0.2, 0.25) is 0 Å². The maximum absolute atomic E-state index is 14.3. The number of esters is 1. The molecular weight excluding hydrogens is 801 g/mol. The SMILES string of the molecule is CCOC(=O)CN(CC)S(=O)(=O)C(F)(F)C(F)(F)C(F)(F)C(F)(F)C(F)(F)C(F)(F)C(F)(F)C(F)(F)C(F)(F)C(F)(F)C(F)(F)C(F)(F)F. The molecule has 0 radical (unpaired) electrons. The molecule has 5 nitrogen and oxygen atoms in total. The van der Waals surface area contributed by atoms with Crippen LogP contribution in [0, 0.1) is 0 Å². The van der Waals surface area contributed by atoms with Crippen LogP contribution in [-0.4, -0.2) is 109 Å². The van der Waals surface area contributed by atoms with Crippen molar-refractivity contribution in [2.24, 2.45) is 0 Å². The molecule has 0 atom stereocenters. The van der Waals surface area contributed by atoms with Gasteiger partial charge < -0.3 is 4.74 Å². The lowest BCUT2D eigenvalue weighted by molar-refractivity contribution is -0.480. The van der Waals surface area contributed by atoms with Crippen molar-refractivity contribution in [3.63, 3.8) is 0 Å². The Kier molecular flexibility index (Phi) is 11.8. The van der Waals surface area contributed by atoms with Crippen LogP contribution in [0.2, 0.25) is 0 Å². The van der Waals surface area contributed by atoms with Crippen LogP contribution in [0.15, 0.2) is 0 Å². The van der Waals surface area contributed by atoms with Gasteiger partial charge in [0.15, 0.2) is 0 Å². The van der Waals surface area contributed by atoms with Gasteiger partial charge in [-0.05, 0) is 6.92 Å². The number of hydrogen-bond acceptors (Lipinski definition) is 4. The quantitative estimate of drug-likeness (QED) is 0.118. The summed E-state index contributed by atoms with van der Waals surface area (Å²) < 4.78 is 365. The lowest BCUT2D eigenvalue weighted by Crippen LogP contribution is -2.78. The lowest BCUT2D eigenvalue weighted by Gasteiger charge is -2.45. The molecule has 0 aliphatic heterocycles. The topological polar surface area (TPSA) is 63.7 Å². The van der Waals surface area contributed by atoms with Crippen molar-refractivity contribution in [1.29, 1.82) is 0 Å². The van der Waals surface area contributed by atoms with Gasteiger partial charge in [-0.1, -0.05) is 6.92 Å². The molecule has 0 N–H and O–H groups in total. The molecule has 0 fully saturated rings. The average molecular weight is 813 g/mol. The van der Waals surface area contributed by atoms with E-state index < -0.39 is 111 Å². The van der Waals surface area contributed by atoms with E-state index in [0.717, 1.165) is 6.92 Å². The van der Waals surface area contributed by atoms with Crippen LogP contribution in [0.1, 0.15) is 13.8 Å². The monoisotopic (exact) mass is 813 g/mol. The molecule has 31 heteroatoms. The highest BCUT2D eigenvalue weighted by atomic mass is 32.2. The number of halogens is 25. The second-order valence-corrected chi connectivity index (χ2v) is 11.0. The van der Waals surface area contributed by atoms with E-state index >= 15 is 0 Å². The zero-order valence-corrected chi connectivity index (χ0v) is 23.4. The normalized spacial score (nSPS) is 16.3. The second-order valence-electron chi connectivity index (χ2n) is 8.99. The molecule has 0 unspecified atom stereocenters. The Hall–Kier alpha value is -2.37.